The minimum Gasteiger partial charge on any atom is -0.496 e. The Balaban J connectivity index is -0.000000542. The number of aryl methyl sites for hydroxylation is 2. The maximum Gasteiger partial charge on any atom is 0.162 e. The van der Waals surface area contributed by atoms with E-state index >= 15 is 0 Å². The summed E-state index contributed by atoms with van der Waals surface area (Å²) in [5, 5.41) is 20.0. The van der Waals surface area contributed by atoms with Crippen LogP contribution in [0.25, 0.3) is 0 Å². The Hall–Kier alpha value is -2.80. The van der Waals surface area contributed by atoms with Crippen molar-refractivity contribution >= 4 is 11.6 Å². The van der Waals surface area contributed by atoms with Crippen LogP contribution < -0.4 is 10.2 Å². The van der Waals surface area contributed by atoms with E-state index in [-0.39, 0.29) is 11.2 Å². The molecule has 0 saturated heterocycles. The van der Waals surface area contributed by atoms with Gasteiger partial charge in [0.15, 0.2) is 11.3 Å². The van der Waals surface area contributed by atoms with E-state index in [0.29, 0.717) is 18.9 Å². The van der Waals surface area contributed by atoms with E-state index in [0.717, 1.165) is 57.6 Å². The molecule has 0 saturated carbocycles. The zero-order valence-electron chi connectivity index (χ0n) is 30.0. The number of hydrogen-bond acceptors (Lipinski definition) is 6. The lowest BCUT2D eigenvalue weighted by molar-refractivity contribution is 0.0988. The molecule has 2 aromatic rings. The lowest BCUT2D eigenvalue weighted by Gasteiger charge is -2.24. The lowest BCUT2D eigenvalue weighted by atomic mass is 9.83. The highest BCUT2D eigenvalue weighted by Gasteiger charge is 2.22. The molecule has 0 aliphatic carbocycles. The number of nitrogens with one attached hydrogen (secondary N) is 1. The minimum atomic E-state index is -0.0276. The molecule has 2 N–H and O–H groups in total. The molecule has 42 heavy (non-hydrogen) atoms. The highest BCUT2D eigenvalue weighted by atomic mass is 16.5. The summed E-state index contributed by atoms with van der Waals surface area (Å²) >= 11 is 0. The molecule has 0 radical (unpaired) electrons. The van der Waals surface area contributed by atoms with Crippen LogP contribution in [-0.4, -0.2) is 47.3 Å². The third kappa shape index (κ3) is 16.0. The zero-order valence-corrected chi connectivity index (χ0v) is 30.0. The Labute approximate surface area is 258 Å². The Morgan fingerprint density at radius 3 is 1.81 bits per heavy atom. The molecule has 0 spiro atoms. The smallest absolute Gasteiger partial charge is 0.162 e. The van der Waals surface area contributed by atoms with Gasteiger partial charge in [-0.15, -0.1) is 0 Å². The standard InChI is InChI=1S/C15H22O2.C10H16N4.C4H10O.2C3H8/c1-7-13(16)11-8-10(2)14(17-6)12(9-11)15(3,4)5;1-6-7(2)10(12-5)14(9(4)11)13-8(6)3;1-2-3-4-5;2*1-3-2/h8-9H,7H2,1-6H3;11H,1-5H3;5H,2-4H2,1H3;2*3H2,1-2H3. The first-order valence-electron chi connectivity index (χ1n) is 15.4. The van der Waals surface area contributed by atoms with Crippen LogP contribution in [0.3, 0.4) is 0 Å². The number of aliphatic hydroxyl groups excluding tert-OH is 1. The van der Waals surface area contributed by atoms with E-state index in [9.17, 15) is 4.79 Å². The van der Waals surface area contributed by atoms with Crippen LogP contribution in [-0.2, 0) is 5.41 Å². The summed E-state index contributed by atoms with van der Waals surface area (Å²) in [6, 6.07) is 3.89. The largest absolute Gasteiger partial charge is 0.496 e. The summed E-state index contributed by atoms with van der Waals surface area (Å²) in [5.41, 5.74) is 6.82. The molecule has 2 rings (SSSR count). The average molecular weight is 589 g/mol. The third-order valence-electron chi connectivity index (χ3n) is 5.86. The fourth-order valence-corrected chi connectivity index (χ4v) is 3.49. The molecule has 0 aliphatic rings. The van der Waals surface area contributed by atoms with Gasteiger partial charge in [0.1, 0.15) is 11.6 Å². The van der Waals surface area contributed by atoms with E-state index < -0.39 is 0 Å². The van der Waals surface area contributed by atoms with Crippen LogP contribution >= 0.6 is 0 Å². The van der Waals surface area contributed by atoms with Crippen molar-refractivity contribution in [2.75, 3.05) is 20.8 Å². The van der Waals surface area contributed by atoms with Crippen molar-refractivity contribution in [3.05, 3.63) is 51.1 Å². The first-order chi connectivity index (χ1) is 19.5. The molecular weight excluding hydrogens is 524 g/mol. The number of Topliss-reactive ketones (excluding diaryl/α,β-unsaturated/α-hetero) is 1. The van der Waals surface area contributed by atoms with Crippen LogP contribution in [0.2, 0.25) is 0 Å². The molecule has 1 aromatic heterocycles. The van der Waals surface area contributed by atoms with Crippen molar-refractivity contribution in [1.29, 1.82) is 5.41 Å². The predicted octanol–water partition coefficient (Wildman–Crippen LogP) is 8.69. The SMILES string of the molecule is CCC.CCC.CCC(=O)c1cc(C)c(OC)c(C(C)(C)C)c1.CCCCO.CN=c1c(C)c(C)c(C)nn1C(C)=N. The van der Waals surface area contributed by atoms with Crippen LogP contribution in [0.4, 0.5) is 0 Å². The first-order valence-corrected chi connectivity index (χ1v) is 15.4. The molecule has 7 heteroatoms. The van der Waals surface area contributed by atoms with Crippen LogP contribution in [0, 0.1) is 33.1 Å². The molecule has 1 aromatic carbocycles. The Morgan fingerprint density at radius 2 is 1.50 bits per heavy atom. The Morgan fingerprint density at radius 1 is 1.00 bits per heavy atom. The number of unbranched alkanes of at least 4 members (excludes halogenated alkanes) is 1. The second-order valence-corrected chi connectivity index (χ2v) is 11.3. The Bertz CT molecular complexity index is 1120. The summed E-state index contributed by atoms with van der Waals surface area (Å²) in [6.07, 6.45) is 5.08. The third-order valence-corrected chi connectivity index (χ3v) is 5.86. The molecular formula is C35H64N4O3. The van der Waals surface area contributed by atoms with Crippen molar-refractivity contribution in [3.8, 4) is 5.75 Å². The van der Waals surface area contributed by atoms with E-state index in [1.807, 2.05) is 46.8 Å². The van der Waals surface area contributed by atoms with Gasteiger partial charge in [0.05, 0.1) is 12.8 Å². The summed E-state index contributed by atoms with van der Waals surface area (Å²) < 4.78 is 7.03. The van der Waals surface area contributed by atoms with Crippen LogP contribution in [0.15, 0.2) is 17.1 Å². The molecule has 0 atom stereocenters. The lowest BCUT2D eigenvalue weighted by Crippen LogP contribution is -2.32. The molecule has 0 bridgehead atoms. The number of methoxy groups -OCH3 is 1. The number of ketones is 1. The topological polar surface area (TPSA) is 101 Å². The molecule has 0 unspecified atom stereocenters. The minimum absolute atomic E-state index is 0.0276. The fourth-order valence-electron chi connectivity index (χ4n) is 3.49. The molecule has 242 valence electrons. The molecule has 7 nitrogen and oxygen atoms in total. The number of aromatic nitrogens is 2. The molecule has 1 heterocycles. The second-order valence-electron chi connectivity index (χ2n) is 11.3. The first kappa shape index (κ1) is 43.7. The van der Waals surface area contributed by atoms with Gasteiger partial charge in [-0.1, -0.05) is 81.6 Å². The fraction of sp³-hybridized carbons (Fsp3) is 0.657. The summed E-state index contributed by atoms with van der Waals surface area (Å²) in [4.78, 5) is 16.0. The van der Waals surface area contributed by atoms with Crippen molar-refractivity contribution < 1.29 is 14.6 Å². The predicted molar refractivity (Wildman–Crippen MR) is 182 cm³/mol. The van der Waals surface area contributed by atoms with Gasteiger partial charge >= 0.3 is 0 Å². The van der Waals surface area contributed by atoms with Crippen molar-refractivity contribution in [1.82, 2.24) is 9.78 Å². The van der Waals surface area contributed by atoms with E-state index in [1.165, 1.54) is 12.8 Å². The molecule has 0 fully saturated rings. The Kier molecular flexibility index (Phi) is 24.7. The number of ether oxygens (including phenoxy) is 1. The van der Waals surface area contributed by atoms with Gasteiger partial charge in [0, 0.05) is 31.2 Å². The van der Waals surface area contributed by atoms with Gasteiger partial charge in [-0.3, -0.25) is 15.2 Å². The van der Waals surface area contributed by atoms with E-state index in [2.05, 4.69) is 65.5 Å². The quantitative estimate of drug-likeness (QED) is 0.207. The van der Waals surface area contributed by atoms with Gasteiger partial charge in [-0.25, -0.2) is 4.68 Å². The van der Waals surface area contributed by atoms with E-state index in [1.54, 1.807) is 25.8 Å². The van der Waals surface area contributed by atoms with Crippen molar-refractivity contribution in [2.24, 2.45) is 4.99 Å². The van der Waals surface area contributed by atoms with Crippen molar-refractivity contribution in [2.45, 2.75) is 134 Å². The number of benzene rings is 1. The average Bonchev–Trinajstić information content (AvgIpc) is 2.92. The van der Waals surface area contributed by atoms with Gasteiger partial charge < -0.3 is 9.84 Å². The van der Waals surface area contributed by atoms with Crippen molar-refractivity contribution in [3.63, 3.8) is 0 Å². The number of aliphatic hydroxyl groups is 1. The number of hydrogen-bond donors (Lipinski definition) is 2. The normalized spacial score (nSPS) is 10.5. The van der Waals surface area contributed by atoms with E-state index in [4.69, 9.17) is 15.3 Å². The van der Waals surface area contributed by atoms with Gasteiger partial charge in [-0.2, -0.15) is 5.10 Å². The summed E-state index contributed by atoms with van der Waals surface area (Å²) in [5.74, 6) is 1.46. The number of carbonyl (C=O) groups is 1. The number of nitrogens with zero attached hydrogens (tertiary/aromatic N) is 3. The number of carbonyl (C=O) groups excluding carboxylic acids is 1. The maximum absolute atomic E-state index is 11.8. The second kappa shape index (κ2) is 23.7. The van der Waals surface area contributed by atoms with Crippen LogP contribution in [0.1, 0.15) is 140 Å². The maximum atomic E-state index is 11.8. The van der Waals surface area contributed by atoms with Gasteiger partial charge in [0.25, 0.3) is 0 Å². The van der Waals surface area contributed by atoms with Gasteiger partial charge in [0.2, 0.25) is 0 Å². The highest BCUT2D eigenvalue weighted by molar-refractivity contribution is 5.96. The highest BCUT2D eigenvalue weighted by Crippen LogP contribution is 2.35. The monoisotopic (exact) mass is 588 g/mol. The molecule has 0 amide bonds. The van der Waals surface area contributed by atoms with Gasteiger partial charge in [-0.05, 0) is 75.3 Å². The zero-order chi connectivity index (χ0) is 33.6. The summed E-state index contributed by atoms with van der Waals surface area (Å²) in [7, 11) is 3.40. The molecule has 0 aliphatic heterocycles. The number of rotatable bonds is 5. The summed E-state index contributed by atoms with van der Waals surface area (Å²) in [6.45, 7) is 28.8. The van der Waals surface area contributed by atoms with Crippen LogP contribution in [0.5, 0.6) is 5.75 Å².